The second kappa shape index (κ2) is 5.87. The summed E-state index contributed by atoms with van der Waals surface area (Å²) >= 11 is 0. The summed E-state index contributed by atoms with van der Waals surface area (Å²) in [6.45, 7) is 7.61. The third-order valence-corrected chi connectivity index (χ3v) is 2.52. The fraction of sp³-hybridized carbons (Fsp3) is 0.333. The molecule has 110 valence electrons. The van der Waals surface area contributed by atoms with Crippen LogP contribution < -0.4 is 10.6 Å². The van der Waals surface area contributed by atoms with Crippen LogP contribution in [0.5, 0.6) is 0 Å². The molecule has 0 aliphatic carbocycles. The van der Waals surface area contributed by atoms with Gasteiger partial charge in [0, 0.05) is 35.3 Å². The predicted octanol–water partition coefficient (Wildman–Crippen LogP) is 2.77. The van der Waals surface area contributed by atoms with Crippen molar-refractivity contribution in [2.75, 3.05) is 5.32 Å². The lowest BCUT2D eigenvalue weighted by Gasteiger charge is -2.20. The Morgan fingerprint density at radius 2 is 1.81 bits per heavy atom. The number of hydrogen-bond donors (Lipinski definition) is 2. The monoisotopic (exact) mass is 285 g/mol. The number of amides is 2. The highest BCUT2D eigenvalue weighted by molar-refractivity contribution is 5.88. The van der Waals surface area contributed by atoms with Gasteiger partial charge in [-0.3, -0.25) is 10.3 Å². The molecular weight excluding hydrogens is 266 g/mol. The van der Waals surface area contributed by atoms with Crippen LogP contribution in [0.25, 0.3) is 11.4 Å². The van der Waals surface area contributed by atoms with Crippen LogP contribution in [0, 0.1) is 6.92 Å². The summed E-state index contributed by atoms with van der Waals surface area (Å²) in [5, 5.41) is 5.56. The Balaban J connectivity index is 2.22. The zero-order chi connectivity index (χ0) is 15.5. The van der Waals surface area contributed by atoms with Crippen molar-refractivity contribution in [3.8, 4) is 11.4 Å². The van der Waals surface area contributed by atoms with Crippen LogP contribution >= 0.6 is 0 Å². The van der Waals surface area contributed by atoms with E-state index in [-0.39, 0.29) is 11.6 Å². The van der Waals surface area contributed by atoms with Gasteiger partial charge in [0.25, 0.3) is 0 Å². The highest BCUT2D eigenvalue weighted by atomic mass is 16.2. The summed E-state index contributed by atoms with van der Waals surface area (Å²) in [5.41, 5.74) is 1.33. The van der Waals surface area contributed by atoms with Gasteiger partial charge in [-0.15, -0.1) is 0 Å². The summed E-state index contributed by atoms with van der Waals surface area (Å²) < 4.78 is 0. The number of carbonyl (C=O) groups is 1. The Morgan fingerprint density at radius 1 is 1.14 bits per heavy atom. The minimum absolute atomic E-state index is 0.290. The Hall–Kier alpha value is -2.50. The number of aromatic nitrogens is 3. The van der Waals surface area contributed by atoms with Gasteiger partial charge in [-0.2, -0.15) is 0 Å². The summed E-state index contributed by atoms with van der Waals surface area (Å²) in [6.07, 6.45) is 3.36. The fourth-order valence-corrected chi connectivity index (χ4v) is 1.75. The average molecular weight is 285 g/mol. The van der Waals surface area contributed by atoms with Crippen molar-refractivity contribution >= 4 is 11.8 Å². The Bertz CT molecular complexity index is 634. The minimum atomic E-state index is -0.305. The Kier molecular flexibility index (Phi) is 4.16. The third kappa shape index (κ3) is 4.52. The van der Waals surface area contributed by atoms with Crippen LogP contribution in [-0.4, -0.2) is 26.5 Å². The average Bonchev–Trinajstić information content (AvgIpc) is 2.36. The first kappa shape index (κ1) is 14.9. The van der Waals surface area contributed by atoms with Gasteiger partial charge >= 0.3 is 6.03 Å². The molecule has 0 saturated heterocycles. The molecule has 0 bridgehead atoms. The van der Waals surface area contributed by atoms with E-state index in [1.165, 1.54) is 0 Å². The summed E-state index contributed by atoms with van der Waals surface area (Å²) in [5.74, 6) is 1.03. The number of rotatable bonds is 2. The molecular formula is C15H19N5O. The van der Waals surface area contributed by atoms with E-state index in [0.717, 1.165) is 11.3 Å². The maximum Gasteiger partial charge on any atom is 0.320 e. The van der Waals surface area contributed by atoms with Crippen molar-refractivity contribution in [3.05, 3.63) is 36.3 Å². The number of anilines is 1. The van der Waals surface area contributed by atoms with Crippen molar-refractivity contribution in [2.45, 2.75) is 33.2 Å². The molecule has 6 nitrogen and oxygen atoms in total. The van der Waals surface area contributed by atoms with Crippen molar-refractivity contribution in [1.29, 1.82) is 0 Å². The highest BCUT2D eigenvalue weighted by Crippen LogP contribution is 2.16. The number of nitrogens with one attached hydrogen (secondary N) is 2. The van der Waals surface area contributed by atoms with E-state index in [1.54, 1.807) is 18.5 Å². The molecule has 0 fully saturated rings. The van der Waals surface area contributed by atoms with Crippen LogP contribution in [0.2, 0.25) is 0 Å². The van der Waals surface area contributed by atoms with E-state index >= 15 is 0 Å². The molecule has 2 rings (SSSR count). The predicted molar refractivity (Wildman–Crippen MR) is 81.9 cm³/mol. The molecule has 2 aromatic rings. The number of aryl methyl sites for hydroxylation is 1. The standard InChI is InChI=1S/C15H19N5O/c1-10-9-12(19-14(21)20-15(2,3)4)18-13(17-10)11-5-7-16-8-6-11/h5-9H,1-4H3,(H2,17,18,19,20,21). The molecule has 0 radical (unpaired) electrons. The molecule has 6 heteroatoms. The quantitative estimate of drug-likeness (QED) is 0.889. The van der Waals surface area contributed by atoms with Crippen LogP contribution in [-0.2, 0) is 0 Å². The molecule has 0 spiro atoms. The Morgan fingerprint density at radius 3 is 2.43 bits per heavy atom. The molecule has 21 heavy (non-hydrogen) atoms. The maximum absolute atomic E-state index is 11.9. The van der Waals surface area contributed by atoms with Gasteiger partial charge in [0.15, 0.2) is 5.82 Å². The van der Waals surface area contributed by atoms with Crippen LogP contribution in [0.15, 0.2) is 30.6 Å². The molecule has 2 heterocycles. The number of pyridine rings is 1. The SMILES string of the molecule is Cc1cc(NC(=O)NC(C)(C)C)nc(-c2ccncc2)n1. The maximum atomic E-state index is 11.9. The lowest BCUT2D eigenvalue weighted by molar-refractivity contribution is 0.243. The van der Waals surface area contributed by atoms with Crippen LogP contribution in [0.3, 0.4) is 0 Å². The van der Waals surface area contributed by atoms with E-state index in [0.29, 0.717) is 11.6 Å². The first-order valence-corrected chi connectivity index (χ1v) is 6.69. The molecule has 0 atom stereocenters. The van der Waals surface area contributed by atoms with Gasteiger partial charge in [-0.1, -0.05) is 0 Å². The third-order valence-electron chi connectivity index (χ3n) is 2.52. The molecule has 2 aromatic heterocycles. The Labute approximate surface area is 124 Å². The molecule has 2 amide bonds. The summed E-state index contributed by atoms with van der Waals surface area (Å²) in [7, 11) is 0. The lowest BCUT2D eigenvalue weighted by atomic mass is 10.1. The van der Waals surface area contributed by atoms with Gasteiger partial charge in [0.1, 0.15) is 5.82 Å². The van der Waals surface area contributed by atoms with Crippen molar-refractivity contribution < 1.29 is 4.79 Å². The van der Waals surface area contributed by atoms with E-state index in [9.17, 15) is 4.79 Å². The molecule has 2 N–H and O–H groups in total. The van der Waals surface area contributed by atoms with E-state index in [1.807, 2.05) is 39.8 Å². The molecule has 0 aromatic carbocycles. The van der Waals surface area contributed by atoms with Crippen molar-refractivity contribution in [2.24, 2.45) is 0 Å². The lowest BCUT2D eigenvalue weighted by Crippen LogP contribution is -2.43. The van der Waals surface area contributed by atoms with E-state index < -0.39 is 0 Å². The van der Waals surface area contributed by atoms with Crippen molar-refractivity contribution in [3.63, 3.8) is 0 Å². The first-order chi connectivity index (χ1) is 9.83. The van der Waals surface area contributed by atoms with E-state index in [2.05, 4.69) is 25.6 Å². The molecule has 0 saturated carbocycles. The highest BCUT2D eigenvalue weighted by Gasteiger charge is 2.14. The second-order valence-electron chi connectivity index (χ2n) is 5.78. The number of hydrogen-bond acceptors (Lipinski definition) is 4. The second-order valence-corrected chi connectivity index (χ2v) is 5.78. The summed E-state index contributed by atoms with van der Waals surface area (Å²) in [4.78, 5) is 24.6. The zero-order valence-corrected chi connectivity index (χ0v) is 12.6. The normalized spacial score (nSPS) is 11.0. The number of nitrogens with zero attached hydrogens (tertiary/aromatic N) is 3. The zero-order valence-electron chi connectivity index (χ0n) is 12.6. The van der Waals surface area contributed by atoms with Crippen LogP contribution in [0.1, 0.15) is 26.5 Å². The van der Waals surface area contributed by atoms with Crippen LogP contribution in [0.4, 0.5) is 10.6 Å². The topological polar surface area (TPSA) is 79.8 Å². The first-order valence-electron chi connectivity index (χ1n) is 6.69. The van der Waals surface area contributed by atoms with E-state index in [4.69, 9.17) is 0 Å². The molecule has 0 unspecified atom stereocenters. The summed E-state index contributed by atoms with van der Waals surface area (Å²) in [6, 6.07) is 5.09. The van der Waals surface area contributed by atoms with Crippen molar-refractivity contribution in [1.82, 2.24) is 20.3 Å². The number of urea groups is 1. The van der Waals surface area contributed by atoms with Gasteiger partial charge in [-0.25, -0.2) is 14.8 Å². The van der Waals surface area contributed by atoms with Gasteiger partial charge < -0.3 is 5.32 Å². The largest absolute Gasteiger partial charge is 0.333 e. The smallest absolute Gasteiger partial charge is 0.320 e. The number of carbonyl (C=O) groups excluding carboxylic acids is 1. The van der Waals surface area contributed by atoms with Gasteiger partial charge in [0.05, 0.1) is 0 Å². The van der Waals surface area contributed by atoms with Gasteiger partial charge in [-0.05, 0) is 39.8 Å². The fourth-order valence-electron chi connectivity index (χ4n) is 1.75. The molecule has 0 aliphatic heterocycles. The van der Waals surface area contributed by atoms with Gasteiger partial charge in [0.2, 0.25) is 0 Å². The minimum Gasteiger partial charge on any atom is -0.333 e. The molecule has 0 aliphatic rings.